The van der Waals surface area contributed by atoms with Gasteiger partial charge >= 0.3 is 0 Å². The Morgan fingerprint density at radius 2 is 1.63 bits per heavy atom. The van der Waals surface area contributed by atoms with E-state index in [9.17, 15) is 0 Å². The second-order valence-corrected chi connectivity index (χ2v) is 5.25. The average molecular weight is 254 g/mol. The van der Waals surface area contributed by atoms with Crippen molar-refractivity contribution in [2.45, 2.75) is 12.8 Å². The summed E-state index contributed by atoms with van der Waals surface area (Å²) in [4.78, 5) is 4.02. The molecule has 1 saturated carbocycles. The van der Waals surface area contributed by atoms with Crippen molar-refractivity contribution in [3.8, 4) is 16.9 Å². The highest BCUT2D eigenvalue weighted by Crippen LogP contribution is 2.44. The Labute approximate surface area is 113 Å². The van der Waals surface area contributed by atoms with E-state index in [0.29, 0.717) is 0 Å². The first kappa shape index (κ1) is 12.2. The van der Waals surface area contributed by atoms with Crippen LogP contribution in [0.15, 0.2) is 48.8 Å². The summed E-state index contributed by atoms with van der Waals surface area (Å²) in [6, 6.07) is 12.2. The molecular formula is C16H18N2O. The van der Waals surface area contributed by atoms with E-state index in [4.69, 9.17) is 10.5 Å². The summed E-state index contributed by atoms with van der Waals surface area (Å²) >= 11 is 0. The number of hydrogen-bond acceptors (Lipinski definition) is 3. The maximum atomic E-state index is 5.82. The summed E-state index contributed by atoms with van der Waals surface area (Å²) in [7, 11) is 0. The number of rotatable bonds is 5. The molecule has 0 unspecified atom stereocenters. The normalized spacial score (nSPS) is 16.1. The summed E-state index contributed by atoms with van der Waals surface area (Å²) in [5.74, 6) is 0.914. The molecule has 3 heteroatoms. The molecule has 98 valence electrons. The maximum absolute atomic E-state index is 5.82. The molecule has 3 rings (SSSR count). The monoisotopic (exact) mass is 254 g/mol. The Bertz CT molecular complexity index is 532. The van der Waals surface area contributed by atoms with E-state index >= 15 is 0 Å². The SMILES string of the molecule is NCC1(COc2ccc(-c3ccncc3)cc2)CC1. The fourth-order valence-corrected chi connectivity index (χ4v) is 2.11. The molecule has 1 heterocycles. The van der Waals surface area contributed by atoms with Crippen molar-refractivity contribution in [3.63, 3.8) is 0 Å². The molecule has 2 N–H and O–H groups in total. The Hall–Kier alpha value is -1.87. The highest BCUT2D eigenvalue weighted by molar-refractivity contribution is 5.63. The maximum Gasteiger partial charge on any atom is 0.119 e. The van der Waals surface area contributed by atoms with Crippen molar-refractivity contribution >= 4 is 0 Å². The van der Waals surface area contributed by atoms with E-state index in [-0.39, 0.29) is 5.41 Å². The van der Waals surface area contributed by atoms with Crippen molar-refractivity contribution in [1.82, 2.24) is 4.98 Å². The fourth-order valence-electron chi connectivity index (χ4n) is 2.11. The third kappa shape index (κ3) is 2.76. The smallest absolute Gasteiger partial charge is 0.119 e. The van der Waals surface area contributed by atoms with Crippen LogP contribution in [0.2, 0.25) is 0 Å². The van der Waals surface area contributed by atoms with E-state index < -0.39 is 0 Å². The van der Waals surface area contributed by atoms with Gasteiger partial charge in [0.15, 0.2) is 0 Å². The second kappa shape index (κ2) is 5.02. The van der Waals surface area contributed by atoms with Gasteiger partial charge in [0, 0.05) is 24.4 Å². The second-order valence-electron chi connectivity index (χ2n) is 5.25. The number of benzene rings is 1. The van der Waals surface area contributed by atoms with Crippen LogP contribution in [-0.2, 0) is 0 Å². The van der Waals surface area contributed by atoms with Crippen LogP contribution < -0.4 is 10.5 Å². The molecule has 0 spiro atoms. The summed E-state index contributed by atoms with van der Waals surface area (Å²) in [6.07, 6.45) is 5.99. The largest absolute Gasteiger partial charge is 0.493 e. The summed E-state index contributed by atoms with van der Waals surface area (Å²) < 4.78 is 5.82. The number of nitrogens with two attached hydrogens (primary N) is 1. The Balaban J connectivity index is 1.66. The molecule has 0 radical (unpaired) electrons. The van der Waals surface area contributed by atoms with Crippen LogP contribution >= 0.6 is 0 Å². The number of ether oxygens (including phenoxy) is 1. The van der Waals surface area contributed by atoms with E-state index in [1.54, 1.807) is 12.4 Å². The van der Waals surface area contributed by atoms with Crippen molar-refractivity contribution in [2.24, 2.45) is 11.1 Å². The van der Waals surface area contributed by atoms with Crippen molar-refractivity contribution < 1.29 is 4.74 Å². The van der Waals surface area contributed by atoms with E-state index in [0.717, 1.165) is 18.9 Å². The molecule has 2 aromatic rings. The highest BCUT2D eigenvalue weighted by Gasteiger charge is 2.42. The summed E-state index contributed by atoms with van der Waals surface area (Å²) in [5, 5.41) is 0. The molecule has 3 nitrogen and oxygen atoms in total. The Kier molecular flexibility index (Phi) is 3.22. The molecule has 1 aliphatic rings. The third-order valence-corrected chi connectivity index (χ3v) is 3.80. The topological polar surface area (TPSA) is 48.1 Å². The van der Waals surface area contributed by atoms with Gasteiger partial charge in [-0.3, -0.25) is 4.98 Å². The summed E-state index contributed by atoms with van der Waals surface area (Å²) in [5.41, 5.74) is 8.35. The third-order valence-electron chi connectivity index (χ3n) is 3.80. The van der Waals surface area contributed by atoms with Crippen LogP contribution in [0.4, 0.5) is 0 Å². The van der Waals surface area contributed by atoms with Gasteiger partial charge in [0.2, 0.25) is 0 Å². The lowest BCUT2D eigenvalue weighted by molar-refractivity contribution is 0.239. The van der Waals surface area contributed by atoms with Crippen LogP contribution in [-0.4, -0.2) is 18.1 Å². The van der Waals surface area contributed by atoms with E-state index in [1.165, 1.54) is 24.0 Å². The van der Waals surface area contributed by atoms with Crippen LogP contribution in [0.1, 0.15) is 12.8 Å². The van der Waals surface area contributed by atoms with Gasteiger partial charge in [-0.1, -0.05) is 12.1 Å². The number of aromatic nitrogens is 1. The van der Waals surface area contributed by atoms with Gasteiger partial charge in [-0.05, 0) is 48.2 Å². The van der Waals surface area contributed by atoms with Gasteiger partial charge < -0.3 is 10.5 Å². The van der Waals surface area contributed by atoms with Crippen LogP contribution in [0.3, 0.4) is 0 Å². The number of pyridine rings is 1. The molecule has 1 aromatic heterocycles. The van der Waals surface area contributed by atoms with Crippen molar-refractivity contribution in [2.75, 3.05) is 13.2 Å². The molecule has 1 aromatic carbocycles. The van der Waals surface area contributed by atoms with Gasteiger partial charge in [0.1, 0.15) is 5.75 Å². The fraction of sp³-hybridized carbons (Fsp3) is 0.312. The molecule has 0 amide bonds. The van der Waals surface area contributed by atoms with E-state index in [1.807, 2.05) is 24.3 Å². The lowest BCUT2D eigenvalue weighted by Gasteiger charge is -2.14. The molecular weight excluding hydrogens is 236 g/mol. The standard InChI is InChI=1S/C16H18N2O/c17-11-16(7-8-16)12-19-15-3-1-13(2-4-15)14-5-9-18-10-6-14/h1-6,9-10H,7-8,11-12,17H2. The lowest BCUT2D eigenvalue weighted by Crippen LogP contribution is -2.22. The highest BCUT2D eigenvalue weighted by atomic mass is 16.5. The van der Waals surface area contributed by atoms with E-state index in [2.05, 4.69) is 17.1 Å². The Morgan fingerprint density at radius 3 is 2.21 bits per heavy atom. The summed E-state index contributed by atoms with van der Waals surface area (Å²) in [6.45, 7) is 1.46. The van der Waals surface area contributed by atoms with Crippen molar-refractivity contribution in [3.05, 3.63) is 48.8 Å². The van der Waals surface area contributed by atoms with Crippen LogP contribution in [0.25, 0.3) is 11.1 Å². The Morgan fingerprint density at radius 1 is 1.00 bits per heavy atom. The minimum atomic E-state index is 0.254. The molecule has 1 aliphatic carbocycles. The minimum absolute atomic E-state index is 0.254. The zero-order valence-corrected chi connectivity index (χ0v) is 10.9. The average Bonchev–Trinajstić information content (AvgIpc) is 3.27. The first-order valence-electron chi connectivity index (χ1n) is 6.65. The zero-order chi connectivity index (χ0) is 13.1. The molecule has 1 fully saturated rings. The molecule has 0 bridgehead atoms. The number of nitrogens with zero attached hydrogens (tertiary/aromatic N) is 1. The number of hydrogen-bond donors (Lipinski definition) is 1. The quantitative estimate of drug-likeness (QED) is 0.892. The predicted molar refractivity (Wildman–Crippen MR) is 75.9 cm³/mol. The molecule has 0 saturated heterocycles. The first-order chi connectivity index (χ1) is 9.31. The van der Waals surface area contributed by atoms with Crippen molar-refractivity contribution in [1.29, 1.82) is 0 Å². The molecule has 0 atom stereocenters. The van der Waals surface area contributed by atoms with Gasteiger partial charge in [-0.15, -0.1) is 0 Å². The van der Waals surface area contributed by atoms with Gasteiger partial charge in [-0.2, -0.15) is 0 Å². The minimum Gasteiger partial charge on any atom is -0.493 e. The molecule has 19 heavy (non-hydrogen) atoms. The predicted octanol–water partition coefficient (Wildman–Crippen LogP) is 2.87. The first-order valence-corrected chi connectivity index (χ1v) is 6.65. The lowest BCUT2D eigenvalue weighted by atomic mass is 10.1. The van der Waals surface area contributed by atoms with Gasteiger partial charge in [-0.25, -0.2) is 0 Å². The van der Waals surface area contributed by atoms with Crippen LogP contribution in [0, 0.1) is 5.41 Å². The van der Waals surface area contributed by atoms with Gasteiger partial charge in [0.25, 0.3) is 0 Å². The van der Waals surface area contributed by atoms with Gasteiger partial charge in [0.05, 0.1) is 6.61 Å². The zero-order valence-electron chi connectivity index (χ0n) is 10.9. The molecule has 0 aliphatic heterocycles. The van der Waals surface area contributed by atoms with Crippen LogP contribution in [0.5, 0.6) is 5.75 Å².